The summed E-state index contributed by atoms with van der Waals surface area (Å²) in [7, 11) is 0. The van der Waals surface area contributed by atoms with Gasteiger partial charge in [-0.3, -0.25) is 15.1 Å². The molecule has 3 aromatic carbocycles. The molecule has 164 valence electrons. The zero-order chi connectivity index (χ0) is 23.3. The number of amides is 1. The predicted molar refractivity (Wildman–Crippen MR) is 119 cm³/mol. The van der Waals surface area contributed by atoms with E-state index in [0.29, 0.717) is 11.4 Å². The number of nitrogens with one attached hydrogen (secondary N) is 2. The maximum absolute atomic E-state index is 12.5. The number of carboxylic acids is 2. The molecule has 0 spiro atoms. The molecule has 0 bridgehead atoms. The third-order valence-electron chi connectivity index (χ3n) is 4.69. The van der Waals surface area contributed by atoms with Crippen molar-refractivity contribution in [1.82, 2.24) is 0 Å². The minimum absolute atomic E-state index is 0.0598. The fourth-order valence-corrected chi connectivity index (χ4v) is 3.04. The molecule has 3 rings (SSSR count). The summed E-state index contributed by atoms with van der Waals surface area (Å²) in [6.07, 6.45) is 0. The fourth-order valence-electron chi connectivity index (χ4n) is 3.04. The quantitative estimate of drug-likeness (QED) is 0.385. The predicted octanol–water partition coefficient (Wildman–Crippen LogP) is 4.50. The number of rotatable bonds is 8. The van der Waals surface area contributed by atoms with Crippen LogP contribution in [0.4, 0.5) is 11.4 Å². The van der Waals surface area contributed by atoms with E-state index in [1.54, 1.807) is 62.4 Å². The SMILES string of the molecule is Cc1ccc(NOCc2ccc(NC(=O)c3ccc(C)cc3C(=O)O)cc2)c(C(=O)O)c1. The molecule has 0 unspecified atom stereocenters. The standard InChI is InChI=1S/C24H22N2O6/c1-14-3-9-18(19(11-14)23(28)29)22(27)25-17-7-5-16(6-8-17)13-32-26-21-10-4-15(2)12-20(21)24(30)31/h3-12,26H,13H2,1-2H3,(H,25,27)(H,28,29)(H,30,31). The Balaban J connectivity index is 1.61. The number of hydrogen-bond acceptors (Lipinski definition) is 5. The van der Waals surface area contributed by atoms with Crippen molar-refractivity contribution in [2.24, 2.45) is 0 Å². The van der Waals surface area contributed by atoms with Crippen LogP contribution in [0.2, 0.25) is 0 Å². The van der Waals surface area contributed by atoms with Crippen LogP contribution in [0, 0.1) is 13.8 Å². The molecule has 0 saturated heterocycles. The maximum Gasteiger partial charge on any atom is 0.337 e. The minimum atomic E-state index is -1.17. The third kappa shape index (κ3) is 5.50. The van der Waals surface area contributed by atoms with Crippen LogP contribution in [0.25, 0.3) is 0 Å². The summed E-state index contributed by atoms with van der Waals surface area (Å²) in [6, 6.07) is 16.4. The Morgan fingerprint density at radius 3 is 2.00 bits per heavy atom. The Labute approximate surface area is 184 Å². The Kier molecular flexibility index (Phi) is 6.87. The van der Waals surface area contributed by atoms with E-state index >= 15 is 0 Å². The van der Waals surface area contributed by atoms with E-state index in [1.165, 1.54) is 12.1 Å². The molecule has 0 aliphatic carbocycles. The largest absolute Gasteiger partial charge is 0.478 e. The highest BCUT2D eigenvalue weighted by atomic mass is 16.6. The average Bonchev–Trinajstić information content (AvgIpc) is 2.75. The Bertz CT molecular complexity index is 1170. The van der Waals surface area contributed by atoms with Gasteiger partial charge >= 0.3 is 11.9 Å². The lowest BCUT2D eigenvalue weighted by molar-refractivity contribution is 0.0684. The summed E-state index contributed by atoms with van der Waals surface area (Å²) >= 11 is 0. The molecule has 0 fully saturated rings. The molecule has 0 aliphatic rings. The lowest BCUT2D eigenvalue weighted by Gasteiger charge is -2.11. The van der Waals surface area contributed by atoms with Crippen LogP contribution < -0.4 is 10.8 Å². The first kappa shape index (κ1) is 22.5. The van der Waals surface area contributed by atoms with Gasteiger partial charge in [0.2, 0.25) is 0 Å². The van der Waals surface area contributed by atoms with E-state index in [9.17, 15) is 24.6 Å². The van der Waals surface area contributed by atoms with E-state index in [2.05, 4.69) is 10.8 Å². The molecular weight excluding hydrogens is 412 g/mol. The first-order valence-electron chi connectivity index (χ1n) is 9.70. The molecule has 8 heteroatoms. The van der Waals surface area contributed by atoms with E-state index < -0.39 is 17.8 Å². The van der Waals surface area contributed by atoms with Crippen LogP contribution in [0.5, 0.6) is 0 Å². The zero-order valence-electron chi connectivity index (χ0n) is 17.5. The third-order valence-corrected chi connectivity index (χ3v) is 4.69. The van der Waals surface area contributed by atoms with Crippen molar-refractivity contribution in [3.05, 3.63) is 94.0 Å². The van der Waals surface area contributed by atoms with Gasteiger partial charge in [0.15, 0.2) is 0 Å². The number of hydrogen-bond donors (Lipinski definition) is 4. The van der Waals surface area contributed by atoms with Crippen LogP contribution in [0.1, 0.15) is 47.8 Å². The monoisotopic (exact) mass is 434 g/mol. The molecule has 8 nitrogen and oxygen atoms in total. The molecule has 0 radical (unpaired) electrons. The van der Waals surface area contributed by atoms with Gasteiger partial charge in [0.05, 0.1) is 29.0 Å². The molecule has 0 heterocycles. The molecule has 1 amide bonds. The van der Waals surface area contributed by atoms with Gasteiger partial charge in [-0.1, -0.05) is 35.4 Å². The van der Waals surface area contributed by atoms with Gasteiger partial charge in [-0.25, -0.2) is 9.59 Å². The Hall–Kier alpha value is -4.17. The molecule has 0 aromatic heterocycles. The van der Waals surface area contributed by atoms with Gasteiger partial charge in [0.25, 0.3) is 5.91 Å². The average molecular weight is 434 g/mol. The van der Waals surface area contributed by atoms with E-state index in [4.69, 9.17) is 4.84 Å². The Morgan fingerprint density at radius 2 is 1.38 bits per heavy atom. The molecule has 3 aromatic rings. The highest BCUT2D eigenvalue weighted by molar-refractivity contribution is 6.10. The summed E-state index contributed by atoms with van der Waals surface area (Å²) in [4.78, 5) is 40.7. The van der Waals surface area contributed by atoms with Gasteiger partial charge in [-0.2, -0.15) is 0 Å². The van der Waals surface area contributed by atoms with Gasteiger partial charge in [0.1, 0.15) is 0 Å². The highest BCUT2D eigenvalue weighted by Crippen LogP contribution is 2.19. The van der Waals surface area contributed by atoms with Gasteiger partial charge in [0, 0.05) is 5.69 Å². The number of carbonyl (C=O) groups excluding carboxylic acids is 1. The molecular formula is C24H22N2O6. The first-order valence-corrected chi connectivity index (χ1v) is 9.70. The Morgan fingerprint density at radius 1 is 0.781 bits per heavy atom. The number of benzene rings is 3. The second kappa shape index (κ2) is 9.76. The fraction of sp³-hybridized carbons (Fsp3) is 0.125. The number of anilines is 2. The van der Waals surface area contributed by atoms with Crippen molar-refractivity contribution >= 4 is 29.2 Å². The maximum atomic E-state index is 12.5. The van der Waals surface area contributed by atoms with Gasteiger partial charge in [-0.15, -0.1) is 0 Å². The van der Waals surface area contributed by atoms with Crippen molar-refractivity contribution in [3.8, 4) is 0 Å². The summed E-state index contributed by atoms with van der Waals surface area (Å²) in [5.74, 6) is -2.74. The summed E-state index contributed by atoms with van der Waals surface area (Å²) in [5.41, 5.74) is 5.98. The van der Waals surface area contributed by atoms with E-state index in [-0.39, 0.29) is 23.3 Å². The normalized spacial score (nSPS) is 10.4. The van der Waals surface area contributed by atoms with Crippen LogP contribution in [0.3, 0.4) is 0 Å². The van der Waals surface area contributed by atoms with E-state index in [0.717, 1.165) is 16.7 Å². The minimum Gasteiger partial charge on any atom is -0.478 e. The number of carboxylic acid groups (broad SMARTS) is 2. The second-order valence-corrected chi connectivity index (χ2v) is 7.25. The topological polar surface area (TPSA) is 125 Å². The lowest BCUT2D eigenvalue weighted by Crippen LogP contribution is -2.16. The second-order valence-electron chi connectivity index (χ2n) is 7.25. The number of aromatic carboxylic acids is 2. The van der Waals surface area contributed by atoms with Crippen molar-refractivity contribution in [2.75, 3.05) is 10.8 Å². The van der Waals surface area contributed by atoms with Crippen molar-refractivity contribution in [3.63, 3.8) is 0 Å². The molecule has 0 atom stereocenters. The smallest absolute Gasteiger partial charge is 0.337 e. The molecule has 0 saturated carbocycles. The number of aryl methyl sites for hydroxylation is 2. The lowest BCUT2D eigenvalue weighted by atomic mass is 10.0. The molecule has 0 aliphatic heterocycles. The van der Waals surface area contributed by atoms with Crippen LogP contribution in [-0.4, -0.2) is 28.1 Å². The first-order chi connectivity index (χ1) is 15.2. The van der Waals surface area contributed by atoms with Gasteiger partial charge in [-0.05, 0) is 55.8 Å². The molecule has 4 N–H and O–H groups in total. The summed E-state index contributed by atoms with van der Waals surface area (Å²) in [6.45, 7) is 3.71. The van der Waals surface area contributed by atoms with Crippen LogP contribution in [-0.2, 0) is 11.4 Å². The summed E-state index contributed by atoms with van der Waals surface area (Å²) in [5, 5.41) is 21.3. The van der Waals surface area contributed by atoms with Crippen molar-refractivity contribution in [2.45, 2.75) is 20.5 Å². The van der Waals surface area contributed by atoms with Gasteiger partial charge < -0.3 is 15.5 Å². The van der Waals surface area contributed by atoms with Crippen molar-refractivity contribution < 1.29 is 29.4 Å². The number of carbonyl (C=O) groups is 3. The summed E-state index contributed by atoms with van der Waals surface area (Å²) < 4.78 is 0. The van der Waals surface area contributed by atoms with Crippen LogP contribution >= 0.6 is 0 Å². The van der Waals surface area contributed by atoms with Crippen molar-refractivity contribution in [1.29, 1.82) is 0 Å². The highest BCUT2D eigenvalue weighted by Gasteiger charge is 2.17. The van der Waals surface area contributed by atoms with E-state index in [1.807, 2.05) is 0 Å². The molecule has 32 heavy (non-hydrogen) atoms. The van der Waals surface area contributed by atoms with Crippen LogP contribution in [0.15, 0.2) is 60.7 Å². The zero-order valence-corrected chi connectivity index (χ0v) is 17.5.